The summed E-state index contributed by atoms with van der Waals surface area (Å²) in [4.78, 5) is 13.8. The van der Waals surface area contributed by atoms with E-state index < -0.39 is 0 Å². The van der Waals surface area contributed by atoms with Crippen LogP contribution in [0.3, 0.4) is 0 Å². The number of nitrogens with zero attached hydrogens (tertiary/aromatic N) is 6. The topological polar surface area (TPSA) is 69.4 Å². The molecule has 4 aromatic heterocycles. The van der Waals surface area contributed by atoms with Crippen LogP contribution >= 0.6 is 23.1 Å². The molecule has 0 bridgehead atoms. The molecule has 6 nitrogen and oxygen atoms in total. The number of hydrogen-bond donors (Lipinski definition) is 0. The second-order valence-corrected chi connectivity index (χ2v) is 8.86. The minimum Gasteiger partial charge on any atom is -0.299 e. The van der Waals surface area contributed by atoms with Gasteiger partial charge in [0.15, 0.2) is 16.8 Å². The summed E-state index contributed by atoms with van der Waals surface area (Å²) in [5.74, 6) is 1.63. The van der Waals surface area contributed by atoms with Gasteiger partial charge in [0.25, 0.3) is 0 Å². The maximum Gasteiger partial charge on any atom is 0.198 e. The molecule has 4 heterocycles. The number of benzene rings is 1. The predicted molar refractivity (Wildman–Crippen MR) is 118 cm³/mol. The lowest BCUT2D eigenvalue weighted by Crippen LogP contribution is -2.00. The first-order chi connectivity index (χ1) is 14.9. The van der Waals surface area contributed by atoms with Gasteiger partial charge in [0, 0.05) is 40.3 Å². The summed E-state index contributed by atoms with van der Waals surface area (Å²) in [6, 6.07) is 14.6. The van der Waals surface area contributed by atoms with Crippen molar-refractivity contribution >= 4 is 34.0 Å². The van der Waals surface area contributed by atoms with Crippen molar-refractivity contribution in [2.45, 2.75) is 29.1 Å². The van der Waals surface area contributed by atoms with Crippen LogP contribution in [0.15, 0.2) is 75.8 Å². The number of pyridine rings is 1. The van der Waals surface area contributed by atoms with Gasteiger partial charge >= 0.3 is 0 Å². The van der Waals surface area contributed by atoms with Crippen molar-refractivity contribution in [1.29, 1.82) is 0 Å². The molecular weight excluding hydrogens is 412 g/mol. The standard InChI is InChI=1S/C22H16N6S2/c1-2-4-18-17(3-1)21(25-19(24-18)15-9-12-29-13-15)30-22-27-26-20(28(22)16-5-6-16)14-7-10-23-11-8-14/h1-4,7-13,16H,5-6H2. The fourth-order valence-corrected chi connectivity index (χ4v) is 5.08. The maximum absolute atomic E-state index is 4.91. The Kier molecular flexibility index (Phi) is 4.32. The summed E-state index contributed by atoms with van der Waals surface area (Å²) in [6.45, 7) is 0. The van der Waals surface area contributed by atoms with Crippen molar-refractivity contribution in [3.05, 3.63) is 65.6 Å². The Morgan fingerprint density at radius 3 is 2.60 bits per heavy atom. The van der Waals surface area contributed by atoms with Gasteiger partial charge in [-0.15, -0.1) is 10.2 Å². The normalized spacial score (nSPS) is 13.7. The average molecular weight is 429 g/mol. The number of fused-ring (bicyclic) bond motifs is 1. The van der Waals surface area contributed by atoms with Gasteiger partial charge in [-0.25, -0.2) is 9.97 Å². The largest absolute Gasteiger partial charge is 0.299 e. The summed E-state index contributed by atoms with van der Waals surface area (Å²) in [7, 11) is 0. The fourth-order valence-electron chi connectivity index (χ4n) is 3.44. The molecule has 30 heavy (non-hydrogen) atoms. The molecule has 1 aliphatic carbocycles. The van der Waals surface area contributed by atoms with E-state index in [2.05, 4.69) is 37.3 Å². The summed E-state index contributed by atoms with van der Waals surface area (Å²) >= 11 is 3.21. The molecule has 5 aromatic rings. The van der Waals surface area contributed by atoms with Crippen LogP contribution in [-0.2, 0) is 0 Å². The van der Waals surface area contributed by atoms with Crippen LogP contribution in [0.4, 0.5) is 0 Å². The first kappa shape index (κ1) is 17.7. The Labute approximate surface area is 181 Å². The van der Waals surface area contributed by atoms with E-state index >= 15 is 0 Å². The van der Waals surface area contributed by atoms with Crippen LogP contribution < -0.4 is 0 Å². The zero-order chi connectivity index (χ0) is 19.9. The van der Waals surface area contributed by atoms with Crippen molar-refractivity contribution in [3.63, 3.8) is 0 Å². The van der Waals surface area contributed by atoms with Crippen molar-refractivity contribution < 1.29 is 0 Å². The van der Waals surface area contributed by atoms with Gasteiger partial charge in [-0.2, -0.15) is 11.3 Å². The highest BCUT2D eigenvalue weighted by Gasteiger charge is 2.30. The summed E-state index contributed by atoms with van der Waals surface area (Å²) in [5.41, 5.74) is 3.00. The minimum atomic E-state index is 0.440. The summed E-state index contributed by atoms with van der Waals surface area (Å²) < 4.78 is 2.25. The molecule has 0 saturated heterocycles. The van der Waals surface area contributed by atoms with Crippen molar-refractivity contribution in [3.8, 4) is 22.8 Å². The van der Waals surface area contributed by atoms with Gasteiger partial charge < -0.3 is 0 Å². The lowest BCUT2D eigenvalue weighted by Gasteiger charge is -2.10. The molecule has 0 N–H and O–H groups in total. The fraction of sp³-hybridized carbons (Fsp3) is 0.136. The highest BCUT2D eigenvalue weighted by Crippen LogP contribution is 2.43. The Morgan fingerprint density at radius 1 is 0.933 bits per heavy atom. The highest BCUT2D eigenvalue weighted by atomic mass is 32.2. The van der Waals surface area contributed by atoms with E-state index in [-0.39, 0.29) is 0 Å². The molecule has 1 aliphatic rings. The van der Waals surface area contributed by atoms with Crippen molar-refractivity contribution in [1.82, 2.24) is 29.7 Å². The van der Waals surface area contributed by atoms with Gasteiger partial charge in [-0.1, -0.05) is 18.2 Å². The first-order valence-corrected chi connectivity index (χ1v) is 11.5. The highest BCUT2D eigenvalue weighted by molar-refractivity contribution is 7.99. The van der Waals surface area contributed by atoms with Crippen LogP contribution in [-0.4, -0.2) is 29.7 Å². The van der Waals surface area contributed by atoms with Gasteiger partial charge in [-0.05, 0) is 54.2 Å². The number of para-hydroxylation sites is 1. The van der Waals surface area contributed by atoms with Gasteiger partial charge in [-0.3, -0.25) is 9.55 Å². The molecule has 0 amide bonds. The quantitative estimate of drug-likeness (QED) is 0.344. The van der Waals surface area contributed by atoms with Gasteiger partial charge in [0.2, 0.25) is 0 Å². The number of aromatic nitrogens is 6. The zero-order valence-corrected chi connectivity index (χ0v) is 17.5. The lowest BCUT2D eigenvalue weighted by molar-refractivity contribution is 0.669. The van der Waals surface area contributed by atoms with Crippen LogP contribution in [0.5, 0.6) is 0 Å². The molecule has 0 atom stereocenters. The van der Waals surface area contributed by atoms with Gasteiger partial charge in [0.05, 0.1) is 5.52 Å². The van der Waals surface area contributed by atoms with E-state index in [1.165, 1.54) is 0 Å². The molecule has 146 valence electrons. The molecule has 1 aromatic carbocycles. The molecule has 6 rings (SSSR count). The summed E-state index contributed by atoms with van der Waals surface area (Å²) in [6.07, 6.45) is 5.88. The number of rotatable bonds is 5. The molecule has 0 spiro atoms. The first-order valence-electron chi connectivity index (χ1n) is 9.69. The van der Waals surface area contributed by atoms with Crippen LogP contribution in [0.2, 0.25) is 0 Å². The smallest absolute Gasteiger partial charge is 0.198 e. The van der Waals surface area contributed by atoms with Crippen LogP contribution in [0, 0.1) is 0 Å². The van der Waals surface area contributed by atoms with E-state index in [4.69, 9.17) is 9.97 Å². The van der Waals surface area contributed by atoms with Crippen LogP contribution in [0.1, 0.15) is 18.9 Å². The van der Waals surface area contributed by atoms with Crippen molar-refractivity contribution in [2.24, 2.45) is 0 Å². The minimum absolute atomic E-state index is 0.440. The zero-order valence-electron chi connectivity index (χ0n) is 15.8. The van der Waals surface area contributed by atoms with E-state index in [9.17, 15) is 0 Å². The van der Waals surface area contributed by atoms with Crippen LogP contribution in [0.25, 0.3) is 33.7 Å². The van der Waals surface area contributed by atoms with Gasteiger partial charge in [0.1, 0.15) is 5.03 Å². The predicted octanol–water partition coefficient (Wildman–Crippen LogP) is 5.50. The molecule has 1 fully saturated rings. The molecule has 8 heteroatoms. The molecule has 0 radical (unpaired) electrons. The average Bonchev–Trinajstić information content (AvgIpc) is 3.31. The number of thiophene rings is 1. The Balaban J connectivity index is 1.48. The molecular formula is C22H16N6S2. The maximum atomic E-state index is 4.91. The Hall–Kier alpha value is -3.10. The van der Waals surface area contributed by atoms with E-state index in [1.807, 2.05) is 35.7 Å². The van der Waals surface area contributed by atoms with E-state index in [1.54, 1.807) is 35.5 Å². The molecule has 0 aliphatic heterocycles. The number of hydrogen-bond acceptors (Lipinski definition) is 7. The third kappa shape index (κ3) is 3.18. The monoisotopic (exact) mass is 428 g/mol. The SMILES string of the molecule is c1ccc2c(Sc3nnc(-c4ccncc4)n3C3CC3)nc(-c3ccsc3)nc2c1. The van der Waals surface area contributed by atoms with E-state index in [0.717, 1.165) is 56.7 Å². The second-order valence-electron chi connectivity index (χ2n) is 7.13. The molecule has 1 saturated carbocycles. The van der Waals surface area contributed by atoms with Crippen molar-refractivity contribution in [2.75, 3.05) is 0 Å². The Morgan fingerprint density at radius 2 is 1.80 bits per heavy atom. The third-order valence-electron chi connectivity index (χ3n) is 5.05. The Bertz CT molecular complexity index is 1330. The third-order valence-corrected chi connectivity index (χ3v) is 6.70. The lowest BCUT2D eigenvalue weighted by atomic mass is 10.2. The molecule has 0 unspecified atom stereocenters. The van der Waals surface area contributed by atoms with E-state index in [0.29, 0.717) is 6.04 Å². The second kappa shape index (κ2) is 7.30. The summed E-state index contributed by atoms with van der Waals surface area (Å²) in [5, 5.41) is 16.0.